The van der Waals surface area contributed by atoms with Gasteiger partial charge in [0.2, 0.25) is 0 Å². The summed E-state index contributed by atoms with van der Waals surface area (Å²) in [6, 6.07) is 10.6. The molecule has 2 atom stereocenters. The second kappa shape index (κ2) is 6.05. The lowest BCUT2D eigenvalue weighted by Gasteiger charge is -2.43. The second-order valence-corrected chi connectivity index (χ2v) is 5.16. The van der Waals surface area contributed by atoms with Gasteiger partial charge < -0.3 is 10.2 Å². The monoisotopic (exact) mass is 258 g/mol. The molecule has 2 rings (SSSR count). The van der Waals surface area contributed by atoms with E-state index in [-0.39, 0.29) is 0 Å². The Bertz CT molecular complexity index is 465. The van der Waals surface area contributed by atoms with Gasteiger partial charge in [-0.2, -0.15) is 5.26 Å². The second-order valence-electron chi connectivity index (χ2n) is 5.16. The zero-order valence-corrected chi connectivity index (χ0v) is 11.9. The molecule has 0 radical (unpaired) electrons. The molecule has 1 aliphatic rings. The highest BCUT2D eigenvalue weighted by atomic mass is 15.3. The average molecular weight is 258 g/mol. The molecule has 0 spiro atoms. The zero-order valence-electron chi connectivity index (χ0n) is 11.9. The minimum Gasteiger partial charge on any atom is -0.369 e. The SMILES string of the molecule is CNC(C)N1CCN(c2cccc(C#N)c2)C[C@@H]1C. The van der Waals surface area contributed by atoms with E-state index in [9.17, 15) is 0 Å². The number of rotatable bonds is 3. The van der Waals surface area contributed by atoms with Crippen LogP contribution >= 0.6 is 0 Å². The van der Waals surface area contributed by atoms with Crippen molar-refractivity contribution in [2.45, 2.75) is 26.1 Å². The Morgan fingerprint density at radius 1 is 1.42 bits per heavy atom. The Morgan fingerprint density at radius 3 is 2.84 bits per heavy atom. The first-order valence-corrected chi connectivity index (χ1v) is 6.84. The van der Waals surface area contributed by atoms with Gasteiger partial charge in [0, 0.05) is 31.4 Å². The van der Waals surface area contributed by atoms with Crippen LogP contribution in [0.5, 0.6) is 0 Å². The van der Waals surface area contributed by atoms with Gasteiger partial charge >= 0.3 is 0 Å². The maximum Gasteiger partial charge on any atom is 0.0992 e. The Labute approximate surface area is 115 Å². The number of hydrogen-bond acceptors (Lipinski definition) is 4. The number of benzene rings is 1. The van der Waals surface area contributed by atoms with Gasteiger partial charge in [-0.25, -0.2) is 0 Å². The summed E-state index contributed by atoms with van der Waals surface area (Å²) in [5.41, 5.74) is 1.89. The molecule has 19 heavy (non-hydrogen) atoms. The fourth-order valence-electron chi connectivity index (χ4n) is 2.72. The Hall–Kier alpha value is -1.57. The molecule has 4 heteroatoms. The predicted octanol–water partition coefficient (Wildman–Crippen LogP) is 1.63. The van der Waals surface area contributed by atoms with E-state index in [4.69, 9.17) is 5.26 Å². The first-order chi connectivity index (χ1) is 9.15. The summed E-state index contributed by atoms with van der Waals surface area (Å²) >= 11 is 0. The van der Waals surface area contributed by atoms with Crippen LogP contribution in [0.4, 0.5) is 5.69 Å². The summed E-state index contributed by atoms with van der Waals surface area (Å²) in [6.45, 7) is 7.50. The maximum absolute atomic E-state index is 8.97. The molecule has 0 amide bonds. The zero-order chi connectivity index (χ0) is 13.8. The number of anilines is 1. The Balaban J connectivity index is 2.07. The van der Waals surface area contributed by atoms with Crippen molar-refractivity contribution in [1.29, 1.82) is 5.26 Å². The fourth-order valence-corrected chi connectivity index (χ4v) is 2.72. The number of nitriles is 1. The molecule has 4 nitrogen and oxygen atoms in total. The first kappa shape index (κ1) is 13.9. The molecular weight excluding hydrogens is 236 g/mol. The number of nitrogens with zero attached hydrogens (tertiary/aromatic N) is 3. The van der Waals surface area contributed by atoms with Crippen LogP contribution in [0.15, 0.2) is 24.3 Å². The molecule has 1 N–H and O–H groups in total. The minimum absolute atomic E-state index is 0.405. The van der Waals surface area contributed by atoms with Crippen molar-refractivity contribution in [2.75, 3.05) is 31.6 Å². The Kier molecular flexibility index (Phi) is 4.41. The highest BCUT2D eigenvalue weighted by Gasteiger charge is 2.26. The van der Waals surface area contributed by atoms with E-state index in [0.717, 1.165) is 30.9 Å². The normalized spacial score (nSPS) is 22.0. The summed E-state index contributed by atoms with van der Waals surface area (Å²) in [6.07, 6.45) is 0.405. The lowest BCUT2D eigenvalue weighted by atomic mass is 10.1. The van der Waals surface area contributed by atoms with Crippen LogP contribution in [0.3, 0.4) is 0 Å². The lowest BCUT2D eigenvalue weighted by molar-refractivity contribution is 0.122. The van der Waals surface area contributed by atoms with Crippen LogP contribution in [0.25, 0.3) is 0 Å². The fraction of sp³-hybridized carbons (Fsp3) is 0.533. The van der Waals surface area contributed by atoms with E-state index < -0.39 is 0 Å². The molecule has 1 saturated heterocycles. The number of hydrogen-bond donors (Lipinski definition) is 1. The molecular formula is C15H22N4. The maximum atomic E-state index is 8.97. The van der Waals surface area contributed by atoms with Crippen LogP contribution in [0, 0.1) is 11.3 Å². The van der Waals surface area contributed by atoms with Gasteiger partial charge in [0.05, 0.1) is 17.8 Å². The summed E-state index contributed by atoms with van der Waals surface area (Å²) in [5.74, 6) is 0. The minimum atomic E-state index is 0.405. The van der Waals surface area contributed by atoms with Crippen molar-refractivity contribution < 1.29 is 0 Å². The molecule has 1 unspecified atom stereocenters. The van der Waals surface area contributed by atoms with Gasteiger partial charge in [0.15, 0.2) is 0 Å². The van der Waals surface area contributed by atoms with E-state index in [1.165, 1.54) is 0 Å². The van der Waals surface area contributed by atoms with Crippen molar-refractivity contribution >= 4 is 5.69 Å². The molecule has 0 aliphatic carbocycles. The number of nitrogens with one attached hydrogen (secondary N) is 1. The van der Waals surface area contributed by atoms with Gasteiger partial charge in [-0.1, -0.05) is 6.07 Å². The van der Waals surface area contributed by atoms with Crippen molar-refractivity contribution in [2.24, 2.45) is 0 Å². The quantitative estimate of drug-likeness (QED) is 0.895. The average Bonchev–Trinajstić information content (AvgIpc) is 2.46. The van der Waals surface area contributed by atoms with Gasteiger partial charge in [-0.3, -0.25) is 4.90 Å². The van der Waals surface area contributed by atoms with E-state index >= 15 is 0 Å². The molecule has 1 aromatic carbocycles. The van der Waals surface area contributed by atoms with Gasteiger partial charge in [0.25, 0.3) is 0 Å². The van der Waals surface area contributed by atoms with E-state index in [2.05, 4.69) is 41.1 Å². The number of piperazine rings is 1. The van der Waals surface area contributed by atoms with E-state index in [1.807, 2.05) is 25.2 Å². The topological polar surface area (TPSA) is 42.3 Å². The van der Waals surface area contributed by atoms with Gasteiger partial charge in [-0.15, -0.1) is 0 Å². The molecule has 1 heterocycles. The standard InChI is InChI=1S/C15H22N4/c1-12-11-18(7-8-19(12)13(2)17-3)15-6-4-5-14(9-15)10-16/h4-6,9,12-13,17H,7-8,11H2,1-3H3/t12-,13?/m0/s1. The first-order valence-electron chi connectivity index (χ1n) is 6.84. The van der Waals surface area contributed by atoms with Crippen LogP contribution in [-0.4, -0.2) is 43.8 Å². The van der Waals surface area contributed by atoms with E-state index in [0.29, 0.717) is 12.2 Å². The molecule has 0 bridgehead atoms. The molecule has 1 aliphatic heterocycles. The van der Waals surface area contributed by atoms with Crippen molar-refractivity contribution in [1.82, 2.24) is 10.2 Å². The predicted molar refractivity (Wildman–Crippen MR) is 78.1 cm³/mol. The van der Waals surface area contributed by atoms with Gasteiger partial charge in [0.1, 0.15) is 0 Å². The van der Waals surface area contributed by atoms with Crippen molar-refractivity contribution in [3.63, 3.8) is 0 Å². The van der Waals surface area contributed by atoms with Crippen molar-refractivity contribution in [3.8, 4) is 6.07 Å². The molecule has 102 valence electrons. The largest absolute Gasteiger partial charge is 0.369 e. The smallest absolute Gasteiger partial charge is 0.0992 e. The highest BCUT2D eigenvalue weighted by Crippen LogP contribution is 2.21. The van der Waals surface area contributed by atoms with Crippen molar-refractivity contribution in [3.05, 3.63) is 29.8 Å². The highest BCUT2D eigenvalue weighted by molar-refractivity contribution is 5.52. The molecule has 0 saturated carbocycles. The van der Waals surface area contributed by atoms with Crippen LogP contribution in [0.1, 0.15) is 19.4 Å². The summed E-state index contributed by atoms with van der Waals surface area (Å²) in [4.78, 5) is 4.84. The van der Waals surface area contributed by atoms with Crippen LogP contribution < -0.4 is 10.2 Å². The van der Waals surface area contributed by atoms with Crippen LogP contribution in [-0.2, 0) is 0 Å². The summed E-state index contributed by atoms with van der Waals surface area (Å²) < 4.78 is 0. The summed E-state index contributed by atoms with van der Waals surface area (Å²) in [7, 11) is 2.00. The molecule has 1 aromatic rings. The molecule has 1 fully saturated rings. The lowest BCUT2D eigenvalue weighted by Crippen LogP contribution is -2.57. The van der Waals surface area contributed by atoms with Gasteiger partial charge in [-0.05, 0) is 39.1 Å². The third-order valence-electron chi connectivity index (χ3n) is 3.93. The van der Waals surface area contributed by atoms with Crippen LogP contribution in [0.2, 0.25) is 0 Å². The van der Waals surface area contributed by atoms with E-state index in [1.54, 1.807) is 0 Å². The molecule has 0 aromatic heterocycles. The summed E-state index contributed by atoms with van der Waals surface area (Å²) in [5, 5.41) is 12.3. The third-order valence-corrected chi connectivity index (χ3v) is 3.93. The Morgan fingerprint density at radius 2 is 2.21 bits per heavy atom. The third kappa shape index (κ3) is 3.06.